The molecule has 1 aromatic heterocycles. The average molecular weight is 418 g/mol. The third-order valence-electron chi connectivity index (χ3n) is 1.73. The molecule has 2 aromatic rings. The molecule has 0 saturated carbocycles. The fraction of sp³-hybridized carbons (Fsp3) is 0.222. The van der Waals surface area contributed by atoms with Crippen LogP contribution in [-0.2, 0) is 0 Å². The first kappa shape index (κ1) is 13.4. The molecular weight excluding hydrogens is 410 g/mol. The van der Waals surface area contributed by atoms with Crippen molar-refractivity contribution in [1.82, 2.24) is 4.58 Å². The molecule has 15 heavy (non-hydrogen) atoms. The Labute approximate surface area is 119 Å². The molecule has 0 radical (unpaired) electrons. The molecule has 0 fully saturated rings. The van der Waals surface area contributed by atoms with Crippen LogP contribution < -0.4 is 26.4 Å². The molecule has 82 valence electrons. The minimum atomic E-state index is 0. The summed E-state index contributed by atoms with van der Waals surface area (Å²) in [5.74, 6) is 0. The van der Waals surface area contributed by atoms with Gasteiger partial charge in [-0.2, -0.15) is 4.58 Å². The van der Waals surface area contributed by atoms with Gasteiger partial charge >= 0.3 is 4.87 Å². The summed E-state index contributed by atoms with van der Waals surface area (Å²) in [6, 6.07) is 4.04. The van der Waals surface area contributed by atoms with Gasteiger partial charge in [-0.05, 0) is 39.4 Å². The summed E-state index contributed by atoms with van der Waals surface area (Å²) in [5.41, 5.74) is 0.905. The molecule has 0 amide bonds. The molecule has 1 aromatic carbocycles. The Morgan fingerprint density at radius 2 is 1.93 bits per heavy atom. The molecule has 2 rings (SSSR count). The molecule has 0 atom stereocenters. The van der Waals surface area contributed by atoms with Crippen molar-refractivity contribution in [1.29, 1.82) is 0 Å². The van der Waals surface area contributed by atoms with Crippen molar-refractivity contribution >= 4 is 53.5 Å². The summed E-state index contributed by atoms with van der Waals surface area (Å²) in [5, 5.41) is 0. The summed E-state index contributed by atoms with van der Waals surface area (Å²) in [4.78, 5) is 0.902. The van der Waals surface area contributed by atoms with E-state index in [2.05, 4.69) is 37.9 Å². The Kier molecular flexibility index (Phi) is 4.58. The number of hydrogen-bond acceptors (Lipinski definition) is 2. The maximum Gasteiger partial charge on any atom is 0.430 e. The van der Waals surface area contributed by atoms with Crippen LogP contribution in [0.1, 0.15) is 0 Å². The van der Waals surface area contributed by atoms with E-state index < -0.39 is 0 Å². The topological polar surface area (TPSA) is 16.1 Å². The molecule has 0 aliphatic carbocycles. The molecule has 0 unspecified atom stereocenters. The first-order valence-electron chi connectivity index (χ1n) is 3.97. The zero-order valence-electron chi connectivity index (χ0n) is 8.05. The number of hydrogen-bond donors (Lipinski definition) is 0. The highest BCUT2D eigenvalue weighted by Crippen LogP contribution is 2.29. The van der Waals surface area contributed by atoms with E-state index >= 15 is 0 Å². The van der Waals surface area contributed by atoms with Gasteiger partial charge in [0.1, 0.15) is 14.1 Å². The van der Waals surface area contributed by atoms with Gasteiger partial charge in [0.15, 0.2) is 5.58 Å². The van der Waals surface area contributed by atoms with Crippen molar-refractivity contribution < 1.29 is 21.4 Å². The van der Waals surface area contributed by atoms with Crippen molar-refractivity contribution in [3.8, 4) is 0 Å². The van der Waals surface area contributed by atoms with E-state index in [0.717, 1.165) is 24.1 Å². The van der Waals surface area contributed by atoms with Crippen LogP contribution in [0, 0.1) is 0 Å². The van der Waals surface area contributed by atoms with Crippen molar-refractivity contribution in [3.63, 3.8) is 0 Å². The van der Waals surface area contributed by atoms with Gasteiger partial charge in [0.05, 0.1) is 9.17 Å². The fourth-order valence-electron chi connectivity index (χ4n) is 1.10. The molecule has 0 aliphatic rings. The van der Waals surface area contributed by atoms with Gasteiger partial charge in [0.2, 0.25) is 0 Å². The zero-order chi connectivity index (χ0) is 10.3. The Hall–Kier alpha value is 0.350. The maximum atomic E-state index is 5.69. The Morgan fingerprint density at radius 1 is 1.27 bits per heavy atom. The van der Waals surface area contributed by atoms with Crippen molar-refractivity contribution in [2.24, 2.45) is 0 Å². The van der Waals surface area contributed by atoms with Crippen LogP contribution in [0.2, 0.25) is 0 Å². The van der Waals surface area contributed by atoms with Gasteiger partial charge in [0, 0.05) is 4.47 Å². The van der Waals surface area contributed by atoms with Gasteiger partial charge < -0.3 is 21.4 Å². The van der Waals surface area contributed by atoms with Crippen molar-refractivity contribution in [2.45, 2.75) is 0 Å². The van der Waals surface area contributed by atoms with E-state index in [4.69, 9.17) is 4.42 Å². The van der Waals surface area contributed by atoms with Crippen LogP contribution >= 0.6 is 43.2 Å². The highest BCUT2D eigenvalue weighted by molar-refractivity contribution is 9.11. The fourth-order valence-corrected chi connectivity index (χ4v) is 3.61. The summed E-state index contributed by atoms with van der Waals surface area (Å²) < 4.78 is 10.8. The molecule has 1 heterocycles. The Bertz CT molecular complexity index is 554. The number of rotatable bonds is 0. The smallest absolute Gasteiger partial charge is 0.430 e. The van der Waals surface area contributed by atoms with Gasteiger partial charge in [0.25, 0.3) is 0 Å². The third kappa shape index (κ3) is 2.72. The summed E-state index contributed by atoms with van der Waals surface area (Å²) in [6.07, 6.45) is 0. The molecule has 0 spiro atoms. The monoisotopic (exact) mass is 415 g/mol. The van der Waals surface area contributed by atoms with Crippen molar-refractivity contribution in [2.75, 3.05) is 14.1 Å². The highest BCUT2D eigenvalue weighted by Gasteiger charge is 2.09. The van der Waals surface area contributed by atoms with Crippen LogP contribution in [0.3, 0.4) is 0 Å². The lowest BCUT2D eigenvalue weighted by molar-refractivity contribution is -0.00000300. The summed E-state index contributed by atoms with van der Waals surface area (Å²) in [6.45, 7) is 0. The number of nitrogens with zero attached hydrogens (tertiary/aromatic N) is 1. The summed E-state index contributed by atoms with van der Waals surface area (Å²) >= 11 is 8.56. The van der Waals surface area contributed by atoms with E-state index in [1.165, 1.54) is 0 Å². The minimum Gasteiger partial charge on any atom is -1.00 e. The molecular formula is C9H8Br3NOS. The first-order valence-corrected chi connectivity index (χ1v) is 6.37. The number of fused-ring (bicyclic) bond motifs is 1. The Morgan fingerprint density at radius 3 is 2.53 bits per heavy atom. The lowest BCUT2D eigenvalue weighted by Gasteiger charge is -1.91. The molecule has 0 saturated heterocycles. The number of halogens is 3. The quantitative estimate of drug-likeness (QED) is 0.553. The third-order valence-corrected chi connectivity index (χ3v) is 3.92. The molecule has 0 N–H and O–H groups in total. The lowest BCUT2D eigenvalue weighted by atomic mass is 10.3. The van der Waals surface area contributed by atoms with Crippen LogP contribution in [0.25, 0.3) is 10.3 Å². The van der Waals surface area contributed by atoms with E-state index in [1.54, 1.807) is 11.3 Å². The minimum absolute atomic E-state index is 0. The van der Waals surface area contributed by atoms with Crippen molar-refractivity contribution in [3.05, 3.63) is 25.9 Å². The average Bonchev–Trinajstić information content (AvgIpc) is 2.47. The second-order valence-corrected chi connectivity index (χ2v) is 5.84. The molecule has 6 heteroatoms. The van der Waals surface area contributed by atoms with E-state index in [0.29, 0.717) is 0 Å². The van der Waals surface area contributed by atoms with Crippen LogP contribution in [0.4, 0.5) is 0 Å². The largest absolute Gasteiger partial charge is 1.00 e. The van der Waals surface area contributed by atoms with Gasteiger partial charge in [-0.25, -0.2) is 0 Å². The predicted molar refractivity (Wildman–Crippen MR) is 66.6 cm³/mol. The van der Waals surface area contributed by atoms with Crippen LogP contribution in [0.15, 0.2) is 25.5 Å². The SMILES string of the molecule is C[N+](C)=c1oc2c(Br)cc(Br)cc2s1.[Br-]. The van der Waals surface area contributed by atoms with Gasteiger partial charge in [-0.15, -0.1) is 0 Å². The van der Waals surface area contributed by atoms with Gasteiger partial charge in [-0.1, -0.05) is 15.9 Å². The van der Waals surface area contributed by atoms with Gasteiger partial charge in [-0.3, -0.25) is 0 Å². The number of benzene rings is 1. The molecule has 0 bridgehead atoms. The first-order chi connectivity index (χ1) is 6.58. The van der Waals surface area contributed by atoms with Crippen LogP contribution in [-0.4, -0.2) is 14.1 Å². The second-order valence-electron chi connectivity index (χ2n) is 3.08. The molecule has 0 aliphatic heterocycles. The normalized spacial score (nSPS) is 10.1. The predicted octanol–water partition coefficient (Wildman–Crippen LogP) is 0.0551. The summed E-state index contributed by atoms with van der Waals surface area (Å²) in [7, 11) is 3.94. The standard InChI is InChI=1S/C9H8Br2NOS.BrH/c1-12(2)9-13-8-6(11)3-5(10)4-7(8)14-9;/h3-4H,1-2H3;1H/q+1;/p-1. The second kappa shape index (κ2) is 5.12. The molecule has 2 nitrogen and oxygen atoms in total. The van der Waals surface area contributed by atoms with E-state index in [1.807, 2.05) is 24.7 Å². The van der Waals surface area contributed by atoms with Crippen LogP contribution in [0.5, 0.6) is 0 Å². The lowest BCUT2D eigenvalue weighted by Crippen LogP contribution is -3.00. The van der Waals surface area contributed by atoms with E-state index in [9.17, 15) is 0 Å². The maximum absolute atomic E-state index is 5.69. The van der Waals surface area contributed by atoms with E-state index in [-0.39, 0.29) is 17.0 Å². The zero-order valence-corrected chi connectivity index (χ0v) is 13.6. The Balaban J connectivity index is 0.00000112. The highest BCUT2D eigenvalue weighted by atomic mass is 79.9.